The molecule has 0 saturated carbocycles. The molecule has 0 amide bonds. The first-order chi connectivity index (χ1) is 8.27. The van der Waals surface area contributed by atoms with Crippen molar-refractivity contribution in [2.75, 3.05) is 18.0 Å². The maximum absolute atomic E-state index is 11.6. The molecule has 1 aliphatic rings. The summed E-state index contributed by atoms with van der Waals surface area (Å²) in [6, 6.07) is 6.07. The number of nitrogens with zero attached hydrogens (tertiary/aromatic N) is 3. The van der Waals surface area contributed by atoms with E-state index in [1.165, 1.54) is 12.8 Å². The van der Waals surface area contributed by atoms with Crippen molar-refractivity contribution in [2.24, 2.45) is 0 Å². The highest BCUT2D eigenvalue weighted by atomic mass is 16.1. The number of rotatable bonds is 2. The first-order valence-electron chi connectivity index (χ1n) is 6.00. The van der Waals surface area contributed by atoms with Crippen molar-refractivity contribution in [3.05, 3.63) is 30.2 Å². The van der Waals surface area contributed by atoms with E-state index in [0.29, 0.717) is 5.82 Å². The molecule has 2 aromatic heterocycles. The predicted octanol–water partition coefficient (Wildman–Crippen LogP) is 2.14. The molecule has 1 fully saturated rings. The number of anilines is 1. The van der Waals surface area contributed by atoms with Gasteiger partial charge in [0.2, 0.25) is 0 Å². The Morgan fingerprint density at radius 1 is 1.29 bits per heavy atom. The first-order valence-corrected chi connectivity index (χ1v) is 6.00. The molecule has 0 aliphatic carbocycles. The number of hydrogen-bond donors (Lipinski definition) is 0. The van der Waals surface area contributed by atoms with Crippen LogP contribution in [0.3, 0.4) is 0 Å². The smallest absolute Gasteiger partial charge is 0.195 e. The molecule has 0 radical (unpaired) electrons. The van der Waals surface area contributed by atoms with Crippen molar-refractivity contribution in [1.29, 1.82) is 0 Å². The largest absolute Gasteiger partial charge is 0.358 e. The molecule has 0 bridgehead atoms. The number of imidazole rings is 1. The van der Waals surface area contributed by atoms with E-state index in [-0.39, 0.29) is 5.78 Å². The molecule has 0 unspecified atom stereocenters. The highest BCUT2D eigenvalue weighted by Crippen LogP contribution is 2.23. The summed E-state index contributed by atoms with van der Waals surface area (Å²) >= 11 is 0. The van der Waals surface area contributed by atoms with Gasteiger partial charge in [0.25, 0.3) is 0 Å². The average molecular weight is 229 g/mol. The van der Waals surface area contributed by atoms with Crippen LogP contribution in [0.15, 0.2) is 24.4 Å². The summed E-state index contributed by atoms with van der Waals surface area (Å²) in [4.78, 5) is 18.1. The van der Waals surface area contributed by atoms with Crippen LogP contribution in [0.2, 0.25) is 0 Å². The van der Waals surface area contributed by atoms with Gasteiger partial charge in [-0.3, -0.25) is 9.20 Å². The van der Waals surface area contributed by atoms with Gasteiger partial charge in [0.1, 0.15) is 5.82 Å². The van der Waals surface area contributed by atoms with Crippen molar-refractivity contribution in [2.45, 2.75) is 19.8 Å². The van der Waals surface area contributed by atoms with Gasteiger partial charge in [0.15, 0.2) is 11.6 Å². The Morgan fingerprint density at radius 2 is 2.06 bits per heavy atom. The second-order valence-corrected chi connectivity index (χ2v) is 4.48. The summed E-state index contributed by atoms with van der Waals surface area (Å²) in [7, 11) is 0. The van der Waals surface area contributed by atoms with Crippen molar-refractivity contribution in [3.8, 4) is 0 Å². The summed E-state index contributed by atoms with van der Waals surface area (Å²) in [6.07, 6.45) is 4.21. The van der Waals surface area contributed by atoms with E-state index in [4.69, 9.17) is 0 Å². The van der Waals surface area contributed by atoms with Crippen LogP contribution in [-0.2, 0) is 0 Å². The van der Waals surface area contributed by atoms with Gasteiger partial charge in [0, 0.05) is 20.0 Å². The quantitative estimate of drug-likeness (QED) is 0.740. The minimum absolute atomic E-state index is 0.0108. The Labute approximate surface area is 99.9 Å². The lowest BCUT2D eigenvalue weighted by molar-refractivity contribution is 0.100. The van der Waals surface area contributed by atoms with Crippen LogP contribution < -0.4 is 4.90 Å². The summed E-state index contributed by atoms with van der Waals surface area (Å²) in [6.45, 7) is 3.69. The van der Waals surface area contributed by atoms with Crippen LogP contribution in [0, 0.1) is 0 Å². The van der Waals surface area contributed by atoms with Gasteiger partial charge in [-0.2, -0.15) is 0 Å². The molecule has 0 N–H and O–H groups in total. The lowest BCUT2D eigenvalue weighted by Crippen LogP contribution is -2.21. The Kier molecular flexibility index (Phi) is 2.35. The third kappa shape index (κ3) is 1.60. The number of carbonyl (C=O) groups excluding carboxylic acids is 1. The van der Waals surface area contributed by atoms with Gasteiger partial charge in [-0.25, -0.2) is 4.98 Å². The highest BCUT2D eigenvalue weighted by molar-refractivity contribution is 5.92. The second-order valence-electron chi connectivity index (χ2n) is 4.48. The van der Waals surface area contributed by atoms with Crippen LogP contribution in [-0.4, -0.2) is 28.3 Å². The molecule has 0 aromatic carbocycles. The average Bonchev–Trinajstić information content (AvgIpc) is 2.97. The third-order valence-electron chi connectivity index (χ3n) is 3.28. The molecule has 3 heterocycles. The van der Waals surface area contributed by atoms with Crippen LogP contribution >= 0.6 is 0 Å². The summed E-state index contributed by atoms with van der Waals surface area (Å²) in [5.41, 5.74) is 0.986. The van der Waals surface area contributed by atoms with Crippen LogP contribution in [0.1, 0.15) is 30.4 Å². The summed E-state index contributed by atoms with van der Waals surface area (Å²) in [5.74, 6) is 1.63. The van der Waals surface area contributed by atoms with Gasteiger partial charge in [-0.1, -0.05) is 6.07 Å². The predicted molar refractivity (Wildman–Crippen MR) is 66.6 cm³/mol. The minimum Gasteiger partial charge on any atom is -0.358 e. The zero-order valence-corrected chi connectivity index (χ0v) is 9.89. The van der Waals surface area contributed by atoms with Gasteiger partial charge in [-0.15, -0.1) is 0 Å². The van der Waals surface area contributed by atoms with E-state index in [0.717, 1.165) is 24.4 Å². The lowest BCUT2D eigenvalue weighted by atomic mass is 10.3. The number of ketones is 1. The Hall–Kier alpha value is -1.84. The van der Waals surface area contributed by atoms with E-state index in [2.05, 4.69) is 16.0 Å². The summed E-state index contributed by atoms with van der Waals surface area (Å²) in [5, 5.41) is 0. The van der Waals surface area contributed by atoms with E-state index >= 15 is 0 Å². The number of carbonyl (C=O) groups is 1. The molecule has 3 rings (SSSR count). The number of pyridine rings is 1. The Morgan fingerprint density at radius 3 is 2.76 bits per heavy atom. The maximum Gasteiger partial charge on any atom is 0.195 e. The lowest BCUT2D eigenvalue weighted by Gasteiger charge is -2.19. The van der Waals surface area contributed by atoms with Crippen molar-refractivity contribution >= 4 is 17.1 Å². The van der Waals surface area contributed by atoms with Crippen molar-refractivity contribution < 1.29 is 4.79 Å². The number of aromatic nitrogens is 2. The zero-order valence-electron chi connectivity index (χ0n) is 9.89. The molecular formula is C13H15N3O. The van der Waals surface area contributed by atoms with E-state index in [1.54, 1.807) is 13.1 Å². The second kappa shape index (κ2) is 3.87. The molecule has 2 aromatic rings. The van der Waals surface area contributed by atoms with Crippen LogP contribution in [0.5, 0.6) is 0 Å². The third-order valence-corrected chi connectivity index (χ3v) is 3.28. The Bertz CT molecular complexity index is 567. The normalized spacial score (nSPS) is 15.7. The van der Waals surface area contributed by atoms with Crippen LogP contribution in [0.4, 0.5) is 5.82 Å². The fourth-order valence-electron chi connectivity index (χ4n) is 2.47. The molecule has 1 aliphatic heterocycles. The van der Waals surface area contributed by atoms with Gasteiger partial charge in [0.05, 0.1) is 11.7 Å². The van der Waals surface area contributed by atoms with E-state index < -0.39 is 0 Å². The number of hydrogen-bond acceptors (Lipinski definition) is 3. The van der Waals surface area contributed by atoms with E-state index in [9.17, 15) is 4.79 Å². The first kappa shape index (κ1) is 10.3. The molecule has 0 spiro atoms. The van der Waals surface area contributed by atoms with Gasteiger partial charge < -0.3 is 4.90 Å². The molecule has 1 saturated heterocycles. The molecule has 4 heteroatoms. The monoisotopic (exact) mass is 229 g/mol. The molecule has 17 heavy (non-hydrogen) atoms. The summed E-state index contributed by atoms with van der Waals surface area (Å²) < 4.78 is 1.97. The fourth-order valence-corrected chi connectivity index (χ4v) is 2.47. The topological polar surface area (TPSA) is 37.6 Å². The maximum atomic E-state index is 11.6. The minimum atomic E-state index is 0.0108. The standard InChI is InChI=1S/C13H15N3O/c1-10(17)13-14-9-11-5-4-6-12(16(11)13)15-7-2-3-8-15/h4-6,9H,2-3,7-8H2,1H3. The molecule has 4 nitrogen and oxygen atoms in total. The SMILES string of the molecule is CC(=O)c1ncc2cccc(N3CCCC3)n12. The van der Waals surface area contributed by atoms with Crippen molar-refractivity contribution in [1.82, 2.24) is 9.38 Å². The molecule has 0 atom stereocenters. The fraction of sp³-hybridized carbons (Fsp3) is 0.385. The number of Topliss-reactive ketones (excluding diaryl/α,β-unsaturated/α-hetero) is 1. The zero-order chi connectivity index (χ0) is 11.8. The van der Waals surface area contributed by atoms with Crippen LogP contribution in [0.25, 0.3) is 5.52 Å². The molecular weight excluding hydrogens is 214 g/mol. The number of fused-ring (bicyclic) bond motifs is 1. The Balaban J connectivity index is 2.22. The van der Waals surface area contributed by atoms with Gasteiger partial charge in [-0.05, 0) is 25.0 Å². The van der Waals surface area contributed by atoms with Gasteiger partial charge >= 0.3 is 0 Å². The highest BCUT2D eigenvalue weighted by Gasteiger charge is 2.18. The van der Waals surface area contributed by atoms with Crippen molar-refractivity contribution in [3.63, 3.8) is 0 Å². The van der Waals surface area contributed by atoms with E-state index in [1.807, 2.05) is 16.5 Å². The molecule has 88 valence electrons.